The van der Waals surface area contributed by atoms with Gasteiger partial charge in [-0.1, -0.05) is 24.3 Å². The fourth-order valence-electron chi connectivity index (χ4n) is 3.19. The minimum absolute atomic E-state index is 0.105. The van der Waals surface area contributed by atoms with Crippen LogP contribution in [-0.4, -0.2) is 11.8 Å². The van der Waals surface area contributed by atoms with Crippen molar-refractivity contribution in [3.63, 3.8) is 0 Å². The van der Waals surface area contributed by atoms with Crippen molar-refractivity contribution < 1.29 is 27.2 Å². The number of nitrogens with one attached hydrogen (secondary N) is 2. The number of rotatable bonds is 3. The van der Waals surface area contributed by atoms with E-state index < -0.39 is 35.4 Å². The summed E-state index contributed by atoms with van der Waals surface area (Å²) >= 11 is 0. The van der Waals surface area contributed by atoms with Crippen LogP contribution in [0.4, 0.5) is 23.2 Å². The van der Waals surface area contributed by atoms with Crippen LogP contribution in [0, 0.1) is 18.7 Å². The molecule has 1 fully saturated rings. The van der Waals surface area contributed by atoms with Crippen molar-refractivity contribution in [3.05, 3.63) is 65.0 Å². The average Bonchev–Trinajstić information content (AvgIpc) is 2.95. The average molecular weight is 380 g/mol. The summed E-state index contributed by atoms with van der Waals surface area (Å²) in [7, 11) is 0. The van der Waals surface area contributed by atoms with Gasteiger partial charge in [0, 0.05) is 12.1 Å². The zero-order valence-corrected chi connectivity index (χ0v) is 14.2. The van der Waals surface area contributed by atoms with Crippen molar-refractivity contribution in [3.8, 4) is 0 Å². The Morgan fingerprint density at radius 2 is 1.89 bits per heavy atom. The van der Waals surface area contributed by atoms with Gasteiger partial charge in [-0.2, -0.15) is 13.2 Å². The molecule has 8 heteroatoms. The molecule has 0 aromatic heterocycles. The zero-order valence-electron chi connectivity index (χ0n) is 14.2. The van der Waals surface area contributed by atoms with E-state index in [1.807, 2.05) is 19.1 Å². The lowest BCUT2D eigenvalue weighted by atomic mass is 9.90. The molecule has 4 nitrogen and oxygen atoms in total. The smallest absolute Gasteiger partial charge is 0.348 e. The van der Waals surface area contributed by atoms with E-state index in [2.05, 4.69) is 10.6 Å². The first-order chi connectivity index (χ1) is 12.6. The molecule has 1 aliphatic rings. The van der Waals surface area contributed by atoms with E-state index in [1.54, 1.807) is 12.1 Å². The second-order valence-corrected chi connectivity index (χ2v) is 6.43. The first kappa shape index (κ1) is 18.9. The molecule has 1 aliphatic heterocycles. The number of aryl methyl sites for hydroxylation is 1. The molecule has 0 aliphatic carbocycles. The van der Waals surface area contributed by atoms with Crippen LogP contribution < -0.4 is 10.6 Å². The van der Waals surface area contributed by atoms with Gasteiger partial charge in [0.2, 0.25) is 11.8 Å². The van der Waals surface area contributed by atoms with Gasteiger partial charge in [-0.15, -0.1) is 0 Å². The van der Waals surface area contributed by atoms with E-state index in [1.165, 1.54) is 0 Å². The van der Waals surface area contributed by atoms with Gasteiger partial charge >= 0.3 is 6.18 Å². The second kappa shape index (κ2) is 7.02. The minimum atomic E-state index is -4.74. The van der Waals surface area contributed by atoms with Crippen molar-refractivity contribution in [2.24, 2.45) is 5.92 Å². The van der Waals surface area contributed by atoms with Crippen LogP contribution in [0.1, 0.15) is 29.2 Å². The number of alkyl halides is 3. The van der Waals surface area contributed by atoms with Gasteiger partial charge < -0.3 is 10.6 Å². The number of anilines is 1. The Morgan fingerprint density at radius 3 is 2.56 bits per heavy atom. The molecule has 2 N–H and O–H groups in total. The molecule has 2 aromatic carbocycles. The van der Waals surface area contributed by atoms with Crippen LogP contribution in [0.15, 0.2) is 42.5 Å². The lowest BCUT2D eigenvalue weighted by Gasteiger charge is -2.21. The zero-order chi connectivity index (χ0) is 19.8. The topological polar surface area (TPSA) is 58.2 Å². The molecule has 0 radical (unpaired) electrons. The number of carbonyl (C=O) groups excluding carboxylic acids is 2. The van der Waals surface area contributed by atoms with Crippen molar-refractivity contribution in [1.82, 2.24) is 5.32 Å². The Morgan fingerprint density at radius 1 is 1.19 bits per heavy atom. The van der Waals surface area contributed by atoms with E-state index in [-0.39, 0.29) is 18.0 Å². The number of benzene rings is 2. The Balaban J connectivity index is 1.86. The van der Waals surface area contributed by atoms with Crippen LogP contribution in [0.3, 0.4) is 0 Å². The molecule has 0 saturated carbocycles. The van der Waals surface area contributed by atoms with Crippen LogP contribution in [-0.2, 0) is 15.8 Å². The minimum Gasteiger partial charge on any atom is -0.348 e. The molecular formula is C19H16F4N2O2. The Hall–Kier alpha value is -2.90. The summed E-state index contributed by atoms with van der Waals surface area (Å²) in [4.78, 5) is 24.5. The maximum atomic E-state index is 13.5. The third kappa shape index (κ3) is 4.10. The predicted octanol–water partition coefficient (Wildman–Crippen LogP) is 3.97. The standard InChI is InChI=1S/C19H16F4N2O2/c1-10-4-2-3-5-14(10)17-15(9-16(26)25-17)18(27)24-13-7-11(19(21,22)23)6-12(20)8-13/h2-8,15,17H,9H2,1H3,(H,24,27)(H,25,26)/t15-,17+/m0/s1. The fraction of sp³-hybridized carbons (Fsp3) is 0.263. The quantitative estimate of drug-likeness (QED) is 0.792. The molecule has 0 spiro atoms. The van der Waals surface area contributed by atoms with E-state index in [0.717, 1.165) is 17.2 Å². The van der Waals surface area contributed by atoms with Crippen molar-refractivity contribution >= 4 is 17.5 Å². The van der Waals surface area contributed by atoms with E-state index >= 15 is 0 Å². The lowest BCUT2D eigenvalue weighted by molar-refractivity contribution is -0.137. The molecule has 2 aromatic rings. The number of hydrogen-bond donors (Lipinski definition) is 2. The maximum absolute atomic E-state index is 13.5. The number of carbonyl (C=O) groups is 2. The first-order valence-electron chi connectivity index (χ1n) is 8.18. The highest BCUT2D eigenvalue weighted by Crippen LogP contribution is 2.34. The third-order valence-corrected chi connectivity index (χ3v) is 4.48. The first-order valence-corrected chi connectivity index (χ1v) is 8.18. The van der Waals surface area contributed by atoms with Gasteiger partial charge in [0.05, 0.1) is 17.5 Å². The highest BCUT2D eigenvalue weighted by molar-refractivity contribution is 5.98. The summed E-state index contributed by atoms with van der Waals surface area (Å²) in [5, 5.41) is 5.03. The van der Waals surface area contributed by atoms with Crippen LogP contribution in [0.2, 0.25) is 0 Å². The molecular weight excluding hydrogens is 364 g/mol. The van der Waals surface area contributed by atoms with E-state index in [0.29, 0.717) is 12.1 Å². The molecule has 1 heterocycles. The van der Waals surface area contributed by atoms with Crippen LogP contribution in [0.5, 0.6) is 0 Å². The van der Waals surface area contributed by atoms with Crippen molar-refractivity contribution in [2.45, 2.75) is 25.6 Å². The van der Waals surface area contributed by atoms with Gasteiger partial charge in [-0.3, -0.25) is 9.59 Å². The SMILES string of the molecule is Cc1ccccc1[C@H]1NC(=O)C[C@@H]1C(=O)Nc1cc(F)cc(C(F)(F)F)c1. The molecule has 2 atom stereocenters. The summed E-state index contributed by atoms with van der Waals surface area (Å²) < 4.78 is 52.0. The summed E-state index contributed by atoms with van der Waals surface area (Å²) in [6.07, 6.45) is -4.84. The highest BCUT2D eigenvalue weighted by Gasteiger charge is 2.39. The summed E-state index contributed by atoms with van der Waals surface area (Å²) in [5.41, 5.74) is 0.107. The maximum Gasteiger partial charge on any atom is 0.416 e. The van der Waals surface area contributed by atoms with E-state index in [9.17, 15) is 27.2 Å². The Kier molecular flexibility index (Phi) is 4.91. The summed E-state index contributed by atoms with van der Waals surface area (Å²) in [6, 6.07) is 8.40. The monoisotopic (exact) mass is 380 g/mol. The Labute approximate surface area is 152 Å². The third-order valence-electron chi connectivity index (χ3n) is 4.48. The predicted molar refractivity (Wildman–Crippen MR) is 90.2 cm³/mol. The molecule has 27 heavy (non-hydrogen) atoms. The van der Waals surface area contributed by atoms with Crippen molar-refractivity contribution in [1.29, 1.82) is 0 Å². The van der Waals surface area contributed by atoms with E-state index in [4.69, 9.17) is 0 Å². The van der Waals surface area contributed by atoms with Gasteiger partial charge in [0.15, 0.2) is 0 Å². The fourth-order valence-corrected chi connectivity index (χ4v) is 3.19. The Bertz CT molecular complexity index is 896. The van der Waals surface area contributed by atoms with Crippen LogP contribution >= 0.6 is 0 Å². The molecule has 142 valence electrons. The highest BCUT2D eigenvalue weighted by atomic mass is 19.4. The summed E-state index contributed by atoms with van der Waals surface area (Å²) in [6.45, 7) is 1.83. The van der Waals surface area contributed by atoms with Gasteiger partial charge in [0.25, 0.3) is 0 Å². The molecule has 2 amide bonds. The number of amides is 2. The molecule has 0 bridgehead atoms. The van der Waals surface area contributed by atoms with Crippen LogP contribution in [0.25, 0.3) is 0 Å². The molecule has 0 unspecified atom stereocenters. The second-order valence-electron chi connectivity index (χ2n) is 6.43. The largest absolute Gasteiger partial charge is 0.416 e. The molecule has 1 saturated heterocycles. The number of halogens is 4. The normalized spacial score (nSPS) is 19.7. The van der Waals surface area contributed by atoms with Gasteiger partial charge in [-0.25, -0.2) is 4.39 Å². The number of hydrogen-bond acceptors (Lipinski definition) is 2. The van der Waals surface area contributed by atoms with Gasteiger partial charge in [-0.05, 0) is 36.2 Å². The lowest BCUT2D eigenvalue weighted by Crippen LogP contribution is -2.29. The van der Waals surface area contributed by atoms with Gasteiger partial charge in [0.1, 0.15) is 5.82 Å². The summed E-state index contributed by atoms with van der Waals surface area (Å²) in [5.74, 6) is -2.92. The molecule has 3 rings (SSSR count). The van der Waals surface area contributed by atoms with Crippen molar-refractivity contribution in [2.75, 3.05) is 5.32 Å².